The molecule has 4 atom stereocenters. The van der Waals surface area contributed by atoms with E-state index in [9.17, 15) is 0 Å². The Kier molecular flexibility index (Phi) is 2.17. The van der Waals surface area contributed by atoms with Crippen molar-refractivity contribution in [3.05, 3.63) is 0 Å². The van der Waals surface area contributed by atoms with E-state index >= 15 is 0 Å². The van der Waals surface area contributed by atoms with Gasteiger partial charge in [-0.3, -0.25) is 4.84 Å². The van der Waals surface area contributed by atoms with Crippen LogP contribution in [0.3, 0.4) is 0 Å². The quantitative estimate of drug-likeness (QED) is 0.551. The fourth-order valence-electron chi connectivity index (χ4n) is 2.50. The van der Waals surface area contributed by atoms with E-state index in [1.54, 1.807) is 0 Å². The molecule has 1 unspecified atom stereocenters. The van der Waals surface area contributed by atoms with Gasteiger partial charge in [0.05, 0.1) is 12.1 Å². The minimum absolute atomic E-state index is 0.0266. The third kappa shape index (κ3) is 1.23. The zero-order valence-corrected chi connectivity index (χ0v) is 8.49. The number of hydrogen-bond acceptors (Lipinski definition) is 3. The summed E-state index contributed by atoms with van der Waals surface area (Å²) in [7, 11) is 7.79. The van der Waals surface area contributed by atoms with Crippen molar-refractivity contribution in [1.29, 1.82) is 0 Å². The van der Waals surface area contributed by atoms with Crippen LogP contribution >= 0.6 is 0 Å². The van der Waals surface area contributed by atoms with Crippen LogP contribution in [0.1, 0.15) is 20.3 Å². The van der Waals surface area contributed by atoms with Crippen LogP contribution < -0.4 is 0 Å². The Bertz CT molecular complexity index is 210. The highest BCUT2D eigenvalue weighted by Gasteiger charge is 2.54. The standard InChI is InChI=1S/C9H16BNO2/c1-4-9-5-11(3)13-7(6(9)2)8(10)12-9/h6-8H,4-5H2,1-3H3/t6-,7?,8-,9+/m1/s1. The number of fused-ring (bicyclic) bond motifs is 2. The lowest BCUT2D eigenvalue weighted by Gasteiger charge is -2.40. The molecule has 0 amide bonds. The van der Waals surface area contributed by atoms with Gasteiger partial charge in [0.15, 0.2) is 0 Å². The fourth-order valence-corrected chi connectivity index (χ4v) is 2.50. The molecule has 4 heteroatoms. The molecule has 2 rings (SSSR count). The van der Waals surface area contributed by atoms with Crippen molar-refractivity contribution >= 4 is 7.85 Å². The Morgan fingerprint density at radius 1 is 1.62 bits per heavy atom. The molecule has 72 valence electrons. The summed E-state index contributed by atoms with van der Waals surface area (Å²) in [5.41, 5.74) is -0.0862. The predicted molar refractivity (Wildman–Crippen MR) is 50.3 cm³/mol. The van der Waals surface area contributed by atoms with Crippen molar-refractivity contribution in [2.75, 3.05) is 13.6 Å². The van der Waals surface area contributed by atoms with Crippen LogP contribution in [0, 0.1) is 5.92 Å². The first-order valence-electron chi connectivity index (χ1n) is 4.90. The van der Waals surface area contributed by atoms with Crippen LogP contribution in [0.5, 0.6) is 0 Å². The Morgan fingerprint density at radius 3 is 2.92 bits per heavy atom. The van der Waals surface area contributed by atoms with Crippen molar-refractivity contribution in [2.24, 2.45) is 5.92 Å². The Morgan fingerprint density at radius 2 is 2.31 bits per heavy atom. The molecule has 0 aromatic heterocycles. The normalized spacial score (nSPS) is 51.2. The summed E-state index contributed by atoms with van der Waals surface area (Å²) in [4.78, 5) is 5.61. The van der Waals surface area contributed by atoms with Crippen LogP contribution in [0.4, 0.5) is 0 Å². The lowest BCUT2D eigenvalue weighted by Crippen LogP contribution is -2.52. The van der Waals surface area contributed by atoms with Gasteiger partial charge >= 0.3 is 0 Å². The molecule has 2 bridgehead atoms. The van der Waals surface area contributed by atoms with Crippen LogP contribution in [-0.2, 0) is 9.57 Å². The first-order chi connectivity index (χ1) is 6.09. The van der Waals surface area contributed by atoms with Crippen molar-refractivity contribution in [3.8, 4) is 0 Å². The molecule has 0 aromatic carbocycles. The van der Waals surface area contributed by atoms with E-state index in [0.717, 1.165) is 13.0 Å². The fraction of sp³-hybridized carbons (Fsp3) is 1.00. The van der Waals surface area contributed by atoms with E-state index < -0.39 is 0 Å². The van der Waals surface area contributed by atoms with Crippen molar-refractivity contribution in [2.45, 2.75) is 38.0 Å². The summed E-state index contributed by atoms with van der Waals surface area (Å²) in [5.74, 6) is 0.392. The average Bonchev–Trinajstić information content (AvgIpc) is 2.26. The molecule has 2 saturated heterocycles. The van der Waals surface area contributed by atoms with E-state index in [1.165, 1.54) is 0 Å². The zero-order chi connectivity index (χ0) is 9.64. The first kappa shape index (κ1) is 9.50. The van der Waals surface area contributed by atoms with Gasteiger partial charge in [0.1, 0.15) is 14.0 Å². The zero-order valence-electron chi connectivity index (χ0n) is 8.49. The van der Waals surface area contributed by atoms with Crippen molar-refractivity contribution in [1.82, 2.24) is 5.06 Å². The molecule has 2 fully saturated rings. The van der Waals surface area contributed by atoms with Gasteiger partial charge in [0, 0.05) is 19.0 Å². The topological polar surface area (TPSA) is 21.7 Å². The van der Waals surface area contributed by atoms with Gasteiger partial charge in [0.2, 0.25) is 0 Å². The van der Waals surface area contributed by atoms with E-state index in [-0.39, 0.29) is 17.7 Å². The lowest BCUT2D eigenvalue weighted by atomic mass is 9.80. The first-order valence-corrected chi connectivity index (χ1v) is 4.90. The molecular formula is C9H16BNO2. The van der Waals surface area contributed by atoms with Gasteiger partial charge in [-0.2, -0.15) is 5.06 Å². The van der Waals surface area contributed by atoms with Gasteiger partial charge in [0.25, 0.3) is 0 Å². The molecule has 2 aliphatic heterocycles. The molecule has 0 N–H and O–H groups in total. The SMILES string of the molecule is [B][C@@H]1O[C@@]2(CC)CN(C)OC1[C@H]2C. The highest BCUT2D eigenvalue weighted by Crippen LogP contribution is 2.43. The maximum Gasteiger partial charge on any atom is 0.112 e. The van der Waals surface area contributed by atoms with Gasteiger partial charge in [-0.25, -0.2) is 0 Å². The van der Waals surface area contributed by atoms with Crippen LogP contribution in [0.25, 0.3) is 0 Å². The van der Waals surface area contributed by atoms with Crippen molar-refractivity contribution < 1.29 is 9.57 Å². The number of likely N-dealkylation sites (N-methyl/N-ethyl adjacent to an activating group) is 1. The Hall–Kier alpha value is -0.0551. The van der Waals surface area contributed by atoms with Gasteiger partial charge < -0.3 is 4.74 Å². The maximum absolute atomic E-state index is 5.86. The largest absolute Gasteiger partial charge is 0.377 e. The smallest absolute Gasteiger partial charge is 0.112 e. The number of ether oxygens (including phenoxy) is 1. The van der Waals surface area contributed by atoms with E-state index in [0.29, 0.717) is 5.92 Å². The van der Waals surface area contributed by atoms with Gasteiger partial charge in [-0.05, 0) is 6.42 Å². The molecule has 0 saturated carbocycles. The molecule has 2 radical (unpaired) electrons. The van der Waals surface area contributed by atoms with Crippen molar-refractivity contribution in [3.63, 3.8) is 0 Å². The second kappa shape index (κ2) is 2.97. The molecule has 13 heavy (non-hydrogen) atoms. The number of hydrogen-bond donors (Lipinski definition) is 0. The average molecular weight is 181 g/mol. The van der Waals surface area contributed by atoms with E-state index in [1.807, 2.05) is 12.1 Å². The molecule has 3 nitrogen and oxygen atoms in total. The highest BCUT2D eigenvalue weighted by atomic mass is 16.7. The molecular weight excluding hydrogens is 165 g/mol. The van der Waals surface area contributed by atoms with E-state index in [2.05, 4.69) is 13.8 Å². The molecule has 2 aliphatic rings. The third-order valence-corrected chi connectivity index (χ3v) is 3.41. The minimum atomic E-state index is -0.264. The molecule has 2 heterocycles. The minimum Gasteiger partial charge on any atom is -0.377 e. The molecule has 0 aliphatic carbocycles. The van der Waals surface area contributed by atoms with Crippen LogP contribution in [-0.4, -0.2) is 44.2 Å². The Balaban J connectivity index is 2.26. The van der Waals surface area contributed by atoms with E-state index in [4.69, 9.17) is 17.4 Å². The van der Waals surface area contributed by atoms with Gasteiger partial charge in [-0.15, -0.1) is 0 Å². The lowest BCUT2D eigenvalue weighted by molar-refractivity contribution is -0.231. The predicted octanol–water partition coefficient (Wildman–Crippen LogP) is 0.542. The maximum atomic E-state index is 5.86. The van der Waals surface area contributed by atoms with Crippen LogP contribution in [0.2, 0.25) is 0 Å². The molecule has 0 aromatic rings. The summed E-state index contributed by atoms with van der Waals surface area (Å²) in [6, 6.07) is -0.264. The summed E-state index contributed by atoms with van der Waals surface area (Å²) in [5, 5.41) is 1.85. The summed E-state index contributed by atoms with van der Waals surface area (Å²) in [6.45, 7) is 5.12. The summed E-state index contributed by atoms with van der Waals surface area (Å²) < 4.78 is 5.82. The second-order valence-electron chi connectivity index (χ2n) is 4.15. The number of nitrogens with zero attached hydrogens (tertiary/aromatic N) is 1. The Labute approximate surface area is 80.7 Å². The van der Waals surface area contributed by atoms with Gasteiger partial charge in [-0.1, -0.05) is 13.8 Å². The number of hydroxylamine groups is 2. The third-order valence-electron chi connectivity index (χ3n) is 3.41. The second-order valence-corrected chi connectivity index (χ2v) is 4.15. The summed E-state index contributed by atoms with van der Waals surface area (Å²) in [6.07, 6.45) is 1.02. The van der Waals surface area contributed by atoms with Crippen LogP contribution in [0.15, 0.2) is 0 Å². The highest BCUT2D eigenvalue weighted by molar-refractivity contribution is 6.11. The number of rotatable bonds is 1. The monoisotopic (exact) mass is 181 g/mol. The molecule has 0 spiro atoms. The summed E-state index contributed by atoms with van der Waals surface area (Å²) >= 11 is 0.